The molecule has 0 saturated carbocycles. The van der Waals surface area contributed by atoms with Crippen molar-refractivity contribution in [1.29, 1.82) is 0 Å². The van der Waals surface area contributed by atoms with Crippen molar-refractivity contribution in [2.24, 2.45) is 0 Å². The maximum Gasteiger partial charge on any atom is 0.162 e. The first-order valence-corrected chi connectivity index (χ1v) is 8.76. The van der Waals surface area contributed by atoms with E-state index in [-0.39, 0.29) is 0 Å². The van der Waals surface area contributed by atoms with Crippen molar-refractivity contribution >= 4 is 0 Å². The molecule has 0 amide bonds. The van der Waals surface area contributed by atoms with Gasteiger partial charge in [-0.3, -0.25) is 4.68 Å². The lowest BCUT2D eigenvalue weighted by Crippen LogP contribution is -2.17. The van der Waals surface area contributed by atoms with Gasteiger partial charge in [-0.2, -0.15) is 10.2 Å². The summed E-state index contributed by atoms with van der Waals surface area (Å²) in [5.41, 5.74) is 2.47. The summed E-state index contributed by atoms with van der Waals surface area (Å²) < 4.78 is 9.85. The third kappa shape index (κ3) is 2.49. The average molecular weight is 315 g/mol. The van der Waals surface area contributed by atoms with Gasteiger partial charge in [0.1, 0.15) is 0 Å². The Morgan fingerprint density at radius 1 is 1.26 bits per heavy atom. The second-order valence-corrected chi connectivity index (χ2v) is 7.10. The quantitative estimate of drug-likeness (QED) is 0.873. The Morgan fingerprint density at radius 3 is 2.87 bits per heavy atom. The normalized spacial score (nSPS) is 24.3. The van der Waals surface area contributed by atoms with Gasteiger partial charge in [-0.15, -0.1) is 0 Å². The third-order valence-electron chi connectivity index (χ3n) is 5.01. The molecule has 0 aromatic carbocycles. The van der Waals surface area contributed by atoms with Gasteiger partial charge in [-0.1, -0.05) is 13.8 Å². The molecule has 6 heteroatoms. The molecule has 1 saturated heterocycles. The van der Waals surface area contributed by atoms with E-state index >= 15 is 0 Å². The molecule has 2 aromatic heterocycles. The highest BCUT2D eigenvalue weighted by molar-refractivity contribution is 5.58. The third-order valence-corrected chi connectivity index (χ3v) is 5.01. The Kier molecular flexibility index (Phi) is 3.71. The molecule has 23 heavy (non-hydrogen) atoms. The maximum absolute atomic E-state index is 5.57. The van der Waals surface area contributed by atoms with Crippen molar-refractivity contribution in [2.75, 3.05) is 13.2 Å². The van der Waals surface area contributed by atoms with Crippen LogP contribution in [0.1, 0.15) is 69.6 Å². The lowest BCUT2D eigenvalue weighted by Gasteiger charge is -2.21. The molecule has 2 aliphatic heterocycles. The van der Waals surface area contributed by atoms with Crippen LogP contribution in [0.2, 0.25) is 0 Å². The summed E-state index contributed by atoms with van der Waals surface area (Å²) in [5, 5.41) is 9.44. The zero-order chi connectivity index (χ0) is 16.0. The van der Waals surface area contributed by atoms with Crippen molar-refractivity contribution in [3.8, 4) is 11.4 Å². The van der Waals surface area contributed by atoms with Gasteiger partial charge in [-0.05, 0) is 32.6 Å². The molecule has 0 spiro atoms. The monoisotopic (exact) mass is 315 g/mol. The van der Waals surface area contributed by atoms with Gasteiger partial charge in [0.05, 0.1) is 24.4 Å². The zero-order valence-corrected chi connectivity index (χ0v) is 14.2. The molecule has 0 N–H and O–H groups in total. The van der Waals surface area contributed by atoms with Crippen LogP contribution in [0, 0.1) is 0 Å². The van der Waals surface area contributed by atoms with Crippen LogP contribution in [0.3, 0.4) is 0 Å². The predicted molar refractivity (Wildman–Crippen MR) is 87.5 cm³/mol. The van der Waals surface area contributed by atoms with Crippen LogP contribution in [0.25, 0.3) is 11.4 Å². The van der Waals surface area contributed by atoms with Gasteiger partial charge in [0.2, 0.25) is 0 Å². The molecule has 2 atom stereocenters. The van der Waals surface area contributed by atoms with Crippen LogP contribution in [-0.2, 0) is 11.2 Å². The van der Waals surface area contributed by atoms with E-state index in [0.717, 1.165) is 43.3 Å². The fourth-order valence-corrected chi connectivity index (χ4v) is 3.63. The van der Waals surface area contributed by atoms with Crippen molar-refractivity contribution in [1.82, 2.24) is 24.5 Å². The fraction of sp³-hybridized carbons (Fsp3) is 0.706. The van der Waals surface area contributed by atoms with Crippen LogP contribution >= 0.6 is 0 Å². The predicted octanol–water partition coefficient (Wildman–Crippen LogP) is 3.12. The summed E-state index contributed by atoms with van der Waals surface area (Å²) in [7, 11) is 0. The molecule has 1 fully saturated rings. The van der Waals surface area contributed by atoms with Crippen molar-refractivity contribution < 1.29 is 4.74 Å². The van der Waals surface area contributed by atoms with Crippen LogP contribution < -0.4 is 0 Å². The van der Waals surface area contributed by atoms with Gasteiger partial charge in [0, 0.05) is 24.3 Å². The maximum atomic E-state index is 5.57. The highest BCUT2D eigenvalue weighted by Gasteiger charge is 2.28. The van der Waals surface area contributed by atoms with Gasteiger partial charge in [0.25, 0.3) is 0 Å². The van der Waals surface area contributed by atoms with E-state index in [4.69, 9.17) is 14.8 Å². The van der Waals surface area contributed by atoms with Crippen molar-refractivity contribution in [3.05, 3.63) is 17.7 Å². The first-order chi connectivity index (χ1) is 11.1. The van der Waals surface area contributed by atoms with E-state index in [1.807, 2.05) is 6.20 Å². The number of rotatable bonds is 3. The lowest BCUT2D eigenvalue weighted by atomic mass is 10.0. The molecule has 0 radical (unpaired) electrons. The van der Waals surface area contributed by atoms with Crippen molar-refractivity contribution in [2.45, 2.75) is 64.5 Å². The van der Waals surface area contributed by atoms with Crippen LogP contribution in [0.5, 0.6) is 0 Å². The highest BCUT2D eigenvalue weighted by Crippen LogP contribution is 2.33. The van der Waals surface area contributed by atoms with E-state index in [1.165, 1.54) is 18.5 Å². The average Bonchev–Trinajstić information content (AvgIpc) is 3.25. The van der Waals surface area contributed by atoms with E-state index in [9.17, 15) is 0 Å². The lowest BCUT2D eigenvalue weighted by molar-refractivity contribution is 0.184. The number of aromatic nitrogens is 5. The Bertz CT molecular complexity index is 696. The molecule has 6 nitrogen and oxygen atoms in total. The zero-order valence-electron chi connectivity index (χ0n) is 14.2. The molecule has 4 heterocycles. The summed E-state index contributed by atoms with van der Waals surface area (Å²) >= 11 is 0. The number of hydrogen-bond acceptors (Lipinski definition) is 4. The first kappa shape index (κ1) is 14.9. The molecule has 0 aliphatic carbocycles. The SMILES string of the molecule is CC(C)c1nc(-c2cnn3c2CCCC3C)n(C2CCOC2)n1. The highest BCUT2D eigenvalue weighted by atomic mass is 16.5. The molecule has 2 unspecified atom stereocenters. The summed E-state index contributed by atoms with van der Waals surface area (Å²) in [4.78, 5) is 4.87. The number of nitrogens with zero attached hydrogens (tertiary/aromatic N) is 5. The standard InChI is InChI=1S/C17H25N5O/c1-11(2)16-19-17(22(20-16)13-7-8-23-10-13)14-9-18-21-12(3)5-4-6-15(14)21/h9,11-13H,4-8,10H2,1-3H3. The largest absolute Gasteiger partial charge is 0.379 e. The molecule has 2 aromatic rings. The van der Waals surface area contributed by atoms with Crippen molar-refractivity contribution in [3.63, 3.8) is 0 Å². The summed E-state index contributed by atoms with van der Waals surface area (Å²) in [5.74, 6) is 2.21. The molecule has 2 aliphatic rings. The summed E-state index contributed by atoms with van der Waals surface area (Å²) in [6.07, 6.45) is 6.49. The molecule has 0 bridgehead atoms. The molecular weight excluding hydrogens is 290 g/mol. The van der Waals surface area contributed by atoms with Gasteiger partial charge in [0.15, 0.2) is 11.6 Å². The fourth-order valence-electron chi connectivity index (χ4n) is 3.63. The number of fused-ring (bicyclic) bond motifs is 1. The van der Waals surface area contributed by atoms with E-state index in [1.54, 1.807) is 0 Å². The van der Waals surface area contributed by atoms with Crippen LogP contribution in [0.4, 0.5) is 0 Å². The van der Waals surface area contributed by atoms with E-state index < -0.39 is 0 Å². The van der Waals surface area contributed by atoms with E-state index in [2.05, 4.69) is 35.2 Å². The van der Waals surface area contributed by atoms with Gasteiger partial charge >= 0.3 is 0 Å². The Morgan fingerprint density at radius 2 is 2.13 bits per heavy atom. The minimum atomic E-state index is 0.293. The van der Waals surface area contributed by atoms with Crippen LogP contribution in [0.15, 0.2) is 6.20 Å². The Labute approximate surface area is 136 Å². The first-order valence-electron chi connectivity index (χ1n) is 8.76. The Hall–Kier alpha value is -1.69. The van der Waals surface area contributed by atoms with E-state index in [0.29, 0.717) is 18.0 Å². The van der Waals surface area contributed by atoms with Crippen LogP contribution in [-0.4, -0.2) is 37.8 Å². The smallest absolute Gasteiger partial charge is 0.162 e. The van der Waals surface area contributed by atoms with Gasteiger partial charge in [-0.25, -0.2) is 9.67 Å². The topological polar surface area (TPSA) is 57.8 Å². The minimum absolute atomic E-state index is 0.293. The summed E-state index contributed by atoms with van der Waals surface area (Å²) in [6, 6.07) is 0.768. The number of hydrogen-bond donors (Lipinski definition) is 0. The molecule has 4 rings (SSSR count). The van der Waals surface area contributed by atoms with Gasteiger partial charge < -0.3 is 4.74 Å². The molecule has 124 valence electrons. The summed E-state index contributed by atoms with van der Waals surface area (Å²) in [6.45, 7) is 8.07. The second-order valence-electron chi connectivity index (χ2n) is 7.10. The Balaban J connectivity index is 1.81. The number of ether oxygens (including phenoxy) is 1. The second kappa shape index (κ2) is 5.74. The minimum Gasteiger partial charge on any atom is -0.379 e. The molecular formula is C17H25N5O.